The predicted octanol–water partition coefficient (Wildman–Crippen LogP) is 2.17. The van der Waals surface area contributed by atoms with E-state index in [0.29, 0.717) is 0 Å². The second kappa shape index (κ2) is 2.46. The zero-order chi connectivity index (χ0) is 6.97. The van der Waals surface area contributed by atoms with Crippen LogP contribution in [0.4, 0.5) is 0 Å². The van der Waals surface area contributed by atoms with Gasteiger partial charge in [-0.15, -0.1) is 11.8 Å². The highest BCUT2D eigenvalue weighted by Gasteiger charge is 2.19. The van der Waals surface area contributed by atoms with Crippen LogP contribution >= 0.6 is 35.1 Å². The van der Waals surface area contributed by atoms with Gasteiger partial charge in [-0.3, -0.25) is 0 Å². The van der Waals surface area contributed by atoms with Crippen LogP contribution in [-0.4, -0.2) is 9.46 Å². The molecule has 0 radical (unpaired) electrons. The quantitative estimate of drug-likeness (QED) is 0.622. The second-order valence-electron chi connectivity index (χ2n) is 1.66. The highest BCUT2D eigenvalue weighted by molar-refractivity contribution is 8.18. The molecule has 1 aromatic rings. The molecule has 0 atom stereocenters. The van der Waals surface area contributed by atoms with E-state index in [1.165, 1.54) is 11.5 Å². The van der Waals surface area contributed by atoms with Crippen molar-refractivity contribution in [3.63, 3.8) is 0 Å². The molecule has 1 aliphatic heterocycles. The molecule has 0 spiro atoms. The Bertz CT molecular complexity index is 298. The minimum absolute atomic E-state index is 0.769. The fraction of sp³-hybridized carbons (Fsp3) is 0.200. The largest absolute Gasteiger partial charge is 0.191 e. The maximum Gasteiger partial charge on any atom is 0.140 e. The molecule has 0 saturated heterocycles. The van der Waals surface area contributed by atoms with Crippen LogP contribution in [0.5, 0.6) is 0 Å². The Balaban J connectivity index is 2.57. The average Bonchev–Trinajstić information content (AvgIpc) is 2.44. The maximum atomic E-state index is 8.59. The average molecular weight is 186 g/mol. The molecule has 0 unspecified atom stereocenters. The van der Waals surface area contributed by atoms with E-state index in [9.17, 15) is 0 Å². The lowest BCUT2D eigenvalue weighted by molar-refractivity contribution is 1.17. The highest BCUT2D eigenvalue weighted by atomic mass is 32.2. The Morgan fingerprint density at radius 3 is 3.20 bits per heavy atom. The summed E-state index contributed by atoms with van der Waals surface area (Å²) in [5, 5.41) is 10.6. The zero-order valence-electron chi connectivity index (χ0n) is 4.83. The lowest BCUT2D eigenvalue weighted by Crippen LogP contribution is -1.65. The van der Waals surface area contributed by atoms with Gasteiger partial charge in [0.05, 0.1) is 9.98 Å². The van der Waals surface area contributed by atoms with Gasteiger partial charge in [0.1, 0.15) is 16.0 Å². The molecule has 1 aliphatic rings. The van der Waals surface area contributed by atoms with Gasteiger partial charge in [-0.2, -0.15) is 9.64 Å². The normalized spacial score (nSPS) is 14.7. The monoisotopic (exact) mass is 186 g/mol. The van der Waals surface area contributed by atoms with E-state index in [4.69, 9.17) is 5.26 Å². The van der Waals surface area contributed by atoms with E-state index >= 15 is 0 Å². The molecule has 0 aromatic carbocycles. The number of nitrogens with zero attached hydrogens (tertiary/aromatic N) is 2. The van der Waals surface area contributed by atoms with Gasteiger partial charge in [0.15, 0.2) is 0 Å². The van der Waals surface area contributed by atoms with Gasteiger partial charge >= 0.3 is 0 Å². The molecule has 1 aromatic heterocycles. The third kappa shape index (κ3) is 0.839. The summed E-state index contributed by atoms with van der Waals surface area (Å²) >= 11 is 4.73. The molecule has 2 rings (SSSR count). The number of rotatable bonds is 0. The maximum absolute atomic E-state index is 8.59. The predicted molar refractivity (Wildman–Crippen MR) is 43.4 cm³/mol. The van der Waals surface area contributed by atoms with Gasteiger partial charge in [-0.1, -0.05) is 11.8 Å². The van der Waals surface area contributed by atoms with Gasteiger partial charge in [0.25, 0.3) is 0 Å². The summed E-state index contributed by atoms with van der Waals surface area (Å²) < 4.78 is 4.13. The number of hydrogen-bond acceptors (Lipinski definition) is 5. The van der Waals surface area contributed by atoms with Crippen LogP contribution in [0, 0.1) is 11.3 Å². The summed E-state index contributed by atoms with van der Waals surface area (Å²) in [6.45, 7) is 0. The summed E-state index contributed by atoms with van der Waals surface area (Å²) in [6, 6.07) is 2.13. The fourth-order valence-corrected chi connectivity index (χ4v) is 4.01. The van der Waals surface area contributed by atoms with Gasteiger partial charge in [-0.05, 0) is 11.5 Å². The Kier molecular flexibility index (Phi) is 1.60. The third-order valence-electron chi connectivity index (χ3n) is 1.12. The third-order valence-corrected chi connectivity index (χ3v) is 4.44. The Morgan fingerprint density at radius 1 is 1.50 bits per heavy atom. The first-order chi connectivity index (χ1) is 4.92. The van der Waals surface area contributed by atoms with E-state index in [1.54, 1.807) is 23.5 Å². The lowest BCUT2D eigenvalue weighted by Gasteiger charge is -1.81. The Morgan fingerprint density at radius 2 is 2.40 bits per heavy atom. The summed E-state index contributed by atoms with van der Waals surface area (Å²) in [7, 11) is 0. The Labute approximate surface area is 70.8 Å². The molecule has 5 heteroatoms. The van der Waals surface area contributed by atoms with E-state index < -0.39 is 0 Å². The van der Waals surface area contributed by atoms with E-state index in [1.807, 2.05) is 0 Å². The highest BCUT2D eigenvalue weighted by Crippen LogP contribution is 2.44. The first-order valence-electron chi connectivity index (χ1n) is 2.57. The summed E-state index contributed by atoms with van der Waals surface area (Å²) in [4.78, 5) is 1.86. The standard InChI is InChI=1S/C5H2N2S3/c6-1-3-4-5(7-10-3)9-2-8-4/h2H2. The van der Waals surface area contributed by atoms with Gasteiger partial charge in [-0.25, -0.2) is 0 Å². The SMILES string of the molecule is N#Cc1snc2c1SCS2. The molecule has 0 fully saturated rings. The Hall–Kier alpha value is -0.180. The van der Waals surface area contributed by atoms with Gasteiger partial charge in [0, 0.05) is 0 Å². The summed E-state index contributed by atoms with van der Waals surface area (Å²) in [6.07, 6.45) is 0. The second-order valence-corrected chi connectivity index (χ2v) is 4.75. The molecule has 0 amide bonds. The summed E-state index contributed by atoms with van der Waals surface area (Å²) in [5.74, 6) is 0. The number of thioether (sulfide) groups is 2. The van der Waals surface area contributed by atoms with Crippen molar-refractivity contribution in [3.05, 3.63) is 4.88 Å². The van der Waals surface area contributed by atoms with Gasteiger partial charge in [0.2, 0.25) is 0 Å². The molecular formula is C5H2N2S3. The van der Waals surface area contributed by atoms with Crippen molar-refractivity contribution < 1.29 is 0 Å². The van der Waals surface area contributed by atoms with Gasteiger partial charge < -0.3 is 0 Å². The van der Waals surface area contributed by atoms with Crippen LogP contribution in [0.3, 0.4) is 0 Å². The molecule has 2 heterocycles. The first kappa shape index (κ1) is 6.53. The molecule has 0 saturated carbocycles. The molecular weight excluding hydrogens is 184 g/mol. The van der Waals surface area contributed by atoms with Crippen molar-refractivity contribution in [1.29, 1.82) is 5.26 Å². The lowest BCUT2D eigenvalue weighted by atomic mass is 10.5. The molecule has 2 nitrogen and oxygen atoms in total. The van der Waals surface area contributed by atoms with Crippen LogP contribution in [0.15, 0.2) is 9.92 Å². The molecule has 0 aliphatic carbocycles. The number of aromatic nitrogens is 1. The van der Waals surface area contributed by atoms with E-state index in [2.05, 4.69) is 10.4 Å². The van der Waals surface area contributed by atoms with Crippen molar-refractivity contribution in [2.24, 2.45) is 0 Å². The molecule has 10 heavy (non-hydrogen) atoms. The van der Waals surface area contributed by atoms with Crippen LogP contribution < -0.4 is 0 Å². The molecule has 50 valence electrons. The summed E-state index contributed by atoms with van der Waals surface area (Å²) in [5.41, 5.74) is 0. The smallest absolute Gasteiger partial charge is 0.140 e. The van der Waals surface area contributed by atoms with E-state index in [0.717, 1.165) is 19.9 Å². The van der Waals surface area contributed by atoms with Crippen molar-refractivity contribution >= 4 is 35.1 Å². The minimum Gasteiger partial charge on any atom is -0.191 e. The van der Waals surface area contributed by atoms with Crippen LogP contribution in [0.1, 0.15) is 4.88 Å². The van der Waals surface area contributed by atoms with Crippen molar-refractivity contribution in [3.8, 4) is 6.07 Å². The first-order valence-corrected chi connectivity index (χ1v) is 5.31. The van der Waals surface area contributed by atoms with E-state index in [-0.39, 0.29) is 0 Å². The van der Waals surface area contributed by atoms with Crippen molar-refractivity contribution in [2.75, 3.05) is 5.08 Å². The van der Waals surface area contributed by atoms with Crippen LogP contribution in [-0.2, 0) is 0 Å². The van der Waals surface area contributed by atoms with Crippen LogP contribution in [0.2, 0.25) is 0 Å². The number of nitriles is 1. The van der Waals surface area contributed by atoms with Crippen molar-refractivity contribution in [1.82, 2.24) is 4.37 Å². The molecule has 0 N–H and O–H groups in total. The topological polar surface area (TPSA) is 36.7 Å². The van der Waals surface area contributed by atoms with Crippen LogP contribution in [0.25, 0.3) is 0 Å². The minimum atomic E-state index is 0.769. The molecule has 0 bridgehead atoms. The van der Waals surface area contributed by atoms with Crippen molar-refractivity contribution in [2.45, 2.75) is 9.92 Å². The zero-order valence-corrected chi connectivity index (χ0v) is 7.28. The number of hydrogen-bond donors (Lipinski definition) is 0. The number of fused-ring (bicyclic) bond motifs is 1. The fourth-order valence-electron chi connectivity index (χ4n) is 0.702.